The van der Waals surface area contributed by atoms with E-state index in [1.54, 1.807) is 0 Å². The lowest BCUT2D eigenvalue weighted by Gasteiger charge is -2.35. The highest BCUT2D eigenvalue weighted by atomic mass is 127. The Kier molecular flexibility index (Phi) is 6.22. The van der Waals surface area contributed by atoms with Gasteiger partial charge in [-0.2, -0.15) is 35.1 Å². The molecule has 0 amide bonds. The molecule has 0 rings (SSSR count). The maximum Gasteiger partial charge on any atom is 0.427 e. The fraction of sp³-hybridized carbons (Fsp3) is 1.00. The van der Waals surface area contributed by atoms with Crippen LogP contribution in [0.1, 0.15) is 6.42 Å². The van der Waals surface area contributed by atoms with E-state index in [1.165, 1.54) is 0 Å². The third kappa shape index (κ3) is 3.65. The lowest BCUT2D eigenvalue weighted by molar-refractivity contribution is -0.348. The van der Waals surface area contributed by atoms with Gasteiger partial charge >= 0.3 is 32.1 Å². The van der Waals surface area contributed by atoms with Crippen molar-refractivity contribution in [3.63, 3.8) is 0 Å². The molecule has 0 aromatic heterocycles. The maximum atomic E-state index is 13.1. The Bertz CT molecular complexity index is 482. The van der Waals surface area contributed by atoms with Gasteiger partial charge in [0.25, 0.3) is 0 Å². The van der Waals surface area contributed by atoms with E-state index in [9.17, 15) is 43.5 Å². The predicted octanol–water partition coefficient (Wildman–Crippen LogP) is 3.24. The van der Waals surface area contributed by atoms with Gasteiger partial charge in [-0.15, -0.1) is 0 Å². The number of aliphatic hydroxyl groups is 1. The molecule has 14 heteroatoms. The van der Waals surface area contributed by atoms with Crippen LogP contribution in [0.4, 0.5) is 35.1 Å². The zero-order chi connectivity index (χ0) is 17.5. The molecule has 21 heavy (non-hydrogen) atoms. The molecule has 0 saturated heterocycles. The lowest BCUT2D eigenvalue weighted by atomic mass is 10.0. The first kappa shape index (κ1) is 21.4. The van der Waals surface area contributed by atoms with E-state index in [0.29, 0.717) is 0 Å². The summed E-state index contributed by atoms with van der Waals surface area (Å²) in [4.78, 5) is 0. The first-order valence-electron chi connectivity index (χ1n) is 4.66. The van der Waals surface area contributed by atoms with Crippen molar-refractivity contribution in [1.82, 2.24) is 0 Å². The minimum Gasteiger partial charge on any atom is -0.395 e. The van der Waals surface area contributed by atoms with Crippen molar-refractivity contribution in [1.29, 1.82) is 0 Å². The summed E-state index contributed by atoms with van der Waals surface area (Å²) in [5.74, 6) is -19.4. The number of aliphatic hydroxyl groups excluding tert-OH is 1. The summed E-state index contributed by atoms with van der Waals surface area (Å²) in [6.07, 6.45) is -2.09. The normalized spacial score (nSPS) is 16.9. The summed E-state index contributed by atoms with van der Waals surface area (Å²) in [6.45, 7) is -1.12. The first-order chi connectivity index (χ1) is 8.95. The second-order valence-corrected chi connectivity index (χ2v) is 8.16. The molecule has 0 aliphatic carbocycles. The monoisotopic (exact) mass is 484 g/mol. The molecule has 0 heterocycles. The van der Waals surface area contributed by atoms with Gasteiger partial charge in [0.2, 0.25) is 0 Å². The largest absolute Gasteiger partial charge is 0.427 e. The molecule has 0 aromatic rings. The van der Waals surface area contributed by atoms with E-state index < -0.39 is 49.0 Å². The molecular formula is C7H6ClF8IO3S. The molecule has 128 valence electrons. The van der Waals surface area contributed by atoms with Crippen molar-refractivity contribution in [3.8, 4) is 0 Å². The van der Waals surface area contributed by atoms with Gasteiger partial charge in [-0.3, -0.25) is 0 Å². The van der Waals surface area contributed by atoms with Gasteiger partial charge in [0, 0.05) is 21.0 Å². The average molecular weight is 485 g/mol. The summed E-state index contributed by atoms with van der Waals surface area (Å²) in [7, 11) is -2.69. The molecule has 0 saturated carbocycles. The number of rotatable bonds is 7. The fourth-order valence-electron chi connectivity index (χ4n) is 1.04. The topological polar surface area (TPSA) is 54.4 Å². The molecule has 0 radical (unpaired) electrons. The van der Waals surface area contributed by atoms with Gasteiger partial charge in [0.05, 0.1) is 6.61 Å². The highest BCUT2D eigenvalue weighted by molar-refractivity contribution is 14.1. The maximum absolute atomic E-state index is 13.1. The number of hydrogen-bond donors (Lipinski definition) is 1. The summed E-state index contributed by atoms with van der Waals surface area (Å²) in [5.41, 5.74) is 0. The van der Waals surface area contributed by atoms with Crippen molar-refractivity contribution in [2.75, 3.05) is 6.61 Å². The highest BCUT2D eigenvalue weighted by Crippen LogP contribution is 2.56. The van der Waals surface area contributed by atoms with Crippen molar-refractivity contribution < 1.29 is 48.6 Å². The van der Waals surface area contributed by atoms with E-state index >= 15 is 0 Å². The Morgan fingerprint density at radius 1 is 1.00 bits per heavy atom. The van der Waals surface area contributed by atoms with Gasteiger partial charge in [-0.05, 0) is 0 Å². The minimum atomic E-state index is -6.98. The van der Waals surface area contributed by atoms with Crippen LogP contribution in [0.25, 0.3) is 0 Å². The van der Waals surface area contributed by atoms with Crippen LogP contribution in [0.5, 0.6) is 0 Å². The Morgan fingerprint density at radius 3 is 1.67 bits per heavy atom. The predicted molar refractivity (Wildman–Crippen MR) is 64.1 cm³/mol. The highest BCUT2D eigenvalue weighted by Gasteiger charge is 2.84. The lowest BCUT2D eigenvalue weighted by Crippen LogP contribution is -2.64. The summed E-state index contributed by atoms with van der Waals surface area (Å²) in [6, 6.07) is 0. The van der Waals surface area contributed by atoms with Crippen molar-refractivity contribution >= 4 is 42.3 Å². The fourth-order valence-corrected chi connectivity index (χ4v) is 2.31. The van der Waals surface area contributed by atoms with Gasteiger partial charge in [0.1, 0.15) is 0 Å². The molecule has 0 aliphatic heterocycles. The summed E-state index contributed by atoms with van der Waals surface area (Å²) < 4.78 is 123. The second-order valence-electron chi connectivity index (χ2n) is 3.79. The Morgan fingerprint density at radius 2 is 1.38 bits per heavy atom. The van der Waals surface area contributed by atoms with Gasteiger partial charge in [-0.25, -0.2) is 8.42 Å². The van der Waals surface area contributed by atoms with Gasteiger partial charge < -0.3 is 5.11 Å². The number of halogens is 10. The van der Waals surface area contributed by atoms with Gasteiger partial charge in [0.15, 0.2) is 0 Å². The third-order valence-corrected chi connectivity index (χ3v) is 4.49. The Hall–Kier alpha value is 0.370. The van der Waals surface area contributed by atoms with E-state index in [0.717, 1.165) is 22.6 Å². The SMILES string of the molecule is O=S(=O)(Cl)C(F)(F)C(F)(F)C(F)(F)C(F)(F)CC(I)CO. The second kappa shape index (κ2) is 6.11. The van der Waals surface area contributed by atoms with E-state index in [-0.39, 0.29) is 0 Å². The zero-order valence-electron chi connectivity index (χ0n) is 9.44. The first-order valence-corrected chi connectivity index (χ1v) is 8.21. The quantitative estimate of drug-likeness (QED) is 0.261. The molecule has 0 spiro atoms. The molecule has 0 bridgehead atoms. The van der Waals surface area contributed by atoms with Gasteiger partial charge in [-0.1, -0.05) is 22.6 Å². The number of alkyl halides is 9. The minimum absolute atomic E-state index is 0.996. The molecular weight excluding hydrogens is 478 g/mol. The summed E-state index contributed by atoms with van der Waals surface area (Å²) in [5, 5.41) is 1.79. The van der Waals surface area contributed by atoms with E-state index in [1.807, 2.05) is 0 Å². The van der Waals surface area contributed by atoms with E-state index in [2.05, 4.69) is 10.7 Å². The van der Waals surface area contributed by atoms with Crippen molar-refractivity contribution in [2.45, 2.75) is 33.4 Å². The third-order valence-electron chi connectivity index (χ3n) is 2.20. The molecule has 1 unspecified atom stereocenters. The molecule has 0 aromatic carbocycles. The molecule has 1 atom stereocenters. The van der Waals surface area contributed by atoms with Crippen molar-refractivity contribution in [3.05, 3.63) is 0 Å². The molecule has 3 nitrogen and oxygen atoms in total. The van der Waals surface area contributed by atoms with Crippen LogP contribution in [-0.4, -0.2) is 47.1 Å². The standard InChI is InChI=1S/C7H6ClF8IO3S/c8-21(19,20)7(15,16)6(13,14)5(11,12)4(9,10)1-3(17)2-18/h3,18H,1-2H2. The van der Waals surface area contributed by atoms with Crippen LogP contribution in [0.2, 0.25) is 0 Å². The Balaban J connectivity index is 5.88. The number of hydrogen-bond acceptors (Lipinski definition) is 3. The van der Waals surface area contributed by atoms with E-state index in [4.69, 9.17) is 5.11 Å². The molecule has 0 aliphatic rings. The Labute approximate surface area is 131 Å². The molecule has 1 N–H and O–H groups in total. The van der Waals surface area contributed by atoms with Crippen LogP contribution in [0.3, 0.4) is 0 Å². The molecule has 0 fully saturated rings. The zero-order valence-corrected chi connectivity index (χ0v) is 13.2. The van der Waals surface area contributed by atoms with Crippen LogP contribution < -0.4 is 0 Å². The summed E-state index contributed by atoms with van der Waals surface area (Å²) >= 11 is 0.996. The van der Waals surface area contributed by atoms with Crippen LogP contribution in [0.15, 0.2) is 0 Å². The van der Waals surface area contributed by atoms with Crippen LogP contribution in [0, 0.1) is 0 Å². The smallest absolute Gasteiger partial charge is 0.395 e. The van der Waals surface area contributed by atoms with Crippen molar-refractivity contribution in [2.24, 2.45) is 0 Å². The van der Waals surface area contributed by atoms with Crippen LogP contribution >= 0.6 is 33.3 Å². The average Bonchev–Trinajstić information content (AvgIpc) is 2.25. The van der Waals surface area contributed by atoms with Crippen LogP contribution in [-0.2, 0) is 9.05 Å².